The van der Waals surface area contributed by atoms with Crippen LogP contribution in [0.15, 0.2) is 24.5 Å². The molecule has 1 fully saturated rings. The van der Waals surface area contributed by atoms with Gasteiger partial charge >= 0.3 is 0 Å². The summed E-state index contributed by atoms with van der Waals surface area (Å²) < 4.78 is 0. The Labute approximate surface area is 109 Å². The van der Waals surface area contributed by atoms with Crippen LogP contribution in [0, 0.1) is 0 Å². The fourth-order valence-electron chi connectivity index (χ4n) is 2.90. The molecule has 0 aliphatic carbocycles. The van der Waals surface area contributed by atoms with Gasteiger partial charge in [-0.1, -0.05) is 0 Å². The average molecular weight is 249 g/mol. The van der Waals surface area contributed by atoms with Crippen LogP contribution < -0.4 is 5.73 Å². The van der Waals surface area contributed by atoms with Crippen LogP contribution in [0.1, 0.15) is 38.3 Å². The van der Waals surface area contributed by atoms with Gasteiger partial charge in [0.1, 0.15) is 0 Å². The summed E-state index contributed by atoms with van der Waals surface area (Å²) in [6.07, 6.45) is 5.48. The Morgan fingerprint density at radius 2 is 2.11 bits per heavy atom. The van der Waals surface area contributed by atoms with Gasteiger partial charge in [0, 0.05) is 31.0 Å². The summed E-state index contributed by atoms with van der Waals surface area (Å²) in [4.78, 5) is 6.35. The molecule has 4 nitrogen and oxygen atoms in total. The fourth-order valence-corrected chi connectivity index (χ4v) is 2.90. The molecule has 1 aliphatic rings. The molecule has 2 rings (SSSR count). The lowest BCUT2D eigenvalue weighted by molar-refractivity contribution is -0.0333. The summed E-state index contributed by atoms with van der Waals surface area (Å²) in [5.74, 6) is 0. The Bertz CT molecular complexity index is 378. The third-order valence-electron chi connectivity index (χ3n) is 3.64. The topological polar surface area (TPSA) is 62.4 Å². The molecule has 2 heterocycles. The normalized spacial score (nSPS) is 28.9. The van der Waals surface area contributed by atoms with E-state index in [9.17, 15) is 5.11 Å². The number of piperidine rings is 1. The van der Waals surface area contributed by atoms with Gasteiger partial charge in [-0.05, 0) is 50.9 Å². The van der Waals surface area contributed by atoms with Gasteiger partial charge in [-0.15, -0.1) is 0 Å². The molecule has 18 heavy (non-hydrogen) atoms. The molecule has 0 radical (unpaired) electrons. The number of pyridine rings is 1. The van der Waals surface area contributed by atoms with Gasteiger partial charge in [0.2, 0.25) is 0 Å². The van der Waals surface area contributed by atoms with Crippen LogP contribution in [0.3, 0.4) is 0 Å². The van der Waals surface area contributed by atoms with Crippen LogP contribution in [-0.4, -0.2) is 39.7 Å². The van der Waals surface area contributed by atoms with Crippen molar-refractivity contribution in [3.63, 3.8) is 0 Å². The second-order valence-electron chi connectivity index (χ2n) is 5.66. The first-order valence-corrected chi connectivity index (χ1v) is 6.61. The minimum atomic E-state index is -0.599. The van der Waals surface area contributed by atoms with E-state index in [-0.39, 0.29) is 12.1 Å². The van der Waals surface area contributed by atoms with Crippen molar-refractivity contribution in [3.8, 4) is 0 Å². The molecule has 0 saturated carbocycles. The van der Waals surface area contributed by atoms with E-state index in [0.717, 1.165) is 19.4 Å². The van der Waals surface area contributed by atoms with Crippen molar-refractivity contribution in [3.05, 3.63) is 30.1 Å². The van der Waals surface area contributed by atoms with Gasteiger partial charge in [-0.25, -0.2) is 0 Å². The van der Waals surface area contributed by atoms with Crippen LogP contribution in [0.5, 0.6) is 0 Å². The van der Waals surface area contributed by atoms with Crippen molar-refractivity contribution >= 4 is 0 Å². The molecule has 3 atom stereocenters. The van der Waals surface area contributed by atoms with E-state index in [1.165, 1.54) is 5.56 Å². The molecule has 100 valence electrons. The molecule has 1 saturated heterocycles. The lowest BCUT2D eigenvalue weighted by Crippen LogP contribution is -2.50. The summed E-state index contributed by atoms with van der Waals surface area (Å²) in [5.41, 5.74) is 6.72. The van der Waals surface area contributed by atoms with E-state index in [4.69, 9.17) is 5.73 Å². The number of nitrogens with two attached hydrogens (primary N) is 1. The highest BCUT2D eigenvalue weighted by Gasteiger charge is 2.34. The third kappa shape index (κ3) is 3.07. The van der Waals surface area contributed by atoms with Gasteiger partial charge < -0.3 is 10.8 Å². The Morgan fingerprint density at radius 1 is 1.44 bits per heavy atom. The number of rotatable bonds is 3. The summed E-state index contributed by atoms with van der Waals surface area (Å²) in [5, 5.41) is 10.2. The maximum atomic E-state index is 10.2. The first-order valence-electron chi connectivity index (χ1n) is 6.61. The molecule has 1 aromatic heterocycles. The lowest BCUT2D eigenvalue weighted by atomic mass is 9.91. The first kappa shape index (κ1) is 13.5. The second kappa shape index (κ2) is 5.34. The van der Waals surface area contributed by atoms with Gasteiger partial charge in [-0.3, -0.25) is 9.88 Å². The number of hydrogen-bond donors (Lipinski definition) is 2. The van der Waals surface area contributed by atoms with Gasteiger partial charge in [0.15, 0.2) is 0 Å². The molecule has 0 aromatic carbocycles. The molecule has 0 bridgehead atoms. The predicted molar refractivity (Wildman–Crippen MR) is 72.1 cm³/mol. The number of likely N-dealkylation sites (tertiary alicyclic amines) is 1. The van der Waals surface area contributed by atoms with E-state index in [1.807, 2.05) is 26.0 Å². The number of aliphatic hydroxyl groups is 1. The van der Waals surface area contributed by atoms with Crippen molar-refractivity contribution < 1.29 is 5.11 Å². The number of hydrogen-bond acceptors (Lipinski definition) is 4. The van der Waals surface area contributed by atoms with Gasteiger partial charge in [-0.2, -0.15) is 0 Å². The Morgan fingerprint density at radius 3 is 2.67 bits per heavy atom. The molecular formula is C14H23N3O. The predicted octanol–water partition coefficient (Wildman–Crippen LogP) is 1.32. The number of nitrogens with zero attached hydrogens (tertiary/aromatic N) is 2. The molecule has 3 unspecified atom stereocenters. The zero-order chi connectivity index (χ0) is 13.2. The molecule has 3 N–H and O–H groups in total. The summed E-state index contributed by atoms with van der Waals surface area (Å²) in [6, 6.07) is 4.20. The van der Waals surface area contributed by atoms with E-state index >= 15 is 0 Å². The summed E-state index contributed by atoms with van der Waals surface area (Å²) in [6.45, 7) is 5.60. The first-order chi connectivity index (χ1) is 8.49. The van der Waals surface area contributed by atoms with Crippen LogP contribution in [-0.2, 0) is 0 Å². The van der Waals surface area contributed by atoms with Gasteiger partial charge in [0.05, 0.1) is 5.60 Å². The standard InChI is InChI=1S/C14H23N3O/c1-11(15)13(12-4-7-16-8-5-12)17-9-3-6-14(2,18)10-17/h4-5,7-8,11,13,18H,3,6,9-10,15H2,1-2H3. The monoisotopic (exact) mass is 249 g/mol. The Balaban J connectivity index is 2.21. The largest absolute Gasteiger partial charge is 0.389 e. The van der Waals surface area contributed by atoms with E-state index in [0.29, 0.717) is 6.54 Å². The zero-order valence-electron chi connectivity index (χ0n) is 11.2. The number of aromatic nitrogens is 1. The Kier molecular flexibility index (Phi) is 4.00. The minimum absolute atomic E-state index is 0.0290. The average Bonchev–Trinajstić information content (AvgIpc) is 2.28. The molecule has 1 aliphatic heterocycles. The quantitative estimate of drug-likeness (QED) is 0.848. The minimum Gasteiger partial charge on any atom is -0.389 e. The van der Waals surface area contributed by atoms with Crippen LogP contribution in [0.25, 0.3) is 0 Å². The third-order valence-corrected chi connectivity index (χ3v) is 3.64. The van der Waals surface area contributed by atoms with Gasteiger partial charge in [0.25, 0.3) is 0 Å². The van der Waals surface area contributed by atoms with E-state index in [1.54, 1.807) is 12.4 Å². The van der Waals surface area contributed by atoms with E-state index in [2.05, 4.69) is 9.88 Å². The lowest BCUT2D eigenvalue weighted by Gasteiger charge is -2.42. The smallest absolute Gasteiger partial charge is 0.0746 e. The van der Waals surface area contributed by atoms with E-state index < -0.39 is 5.60 Å². The van der Waals surface area contributed by atoms with Crippen molar-refractivity contribution in [2.45, 2.75) is 44.4 Å². The fraction of sp³-hybridized carbons (Fsp3) is 0.643. The highest BCUT2D eigenvalue weighted by molar-refractivity contribution is 5.17. The molecular weight excluding hydrogens is 226 g/mol. The highest BCUT2D eigenvalue weighted by atomic mass is 16.3. The molecule has 0 spiro atoms. The second-order valence-corrected chi connectivity index (χ2v) is 5.66. The zero-order valence-corrected chi connectivity index (χ0v) is 11.2. The highest BCUT2D eigenvalue weighted by Crippen LogP contribution is 2.30. The SMILES string of the molecule is CC(N)C(c1ccncc1)N1CCCC(C)(O)C1. The molecule has 4 heteroatoms. The van der Waals surface area contributed by atoms with Crippen molar-refractivity contribution in [2.24, 2.45) is 5.73 Å². The van der Waals surface area contributed by atoms with Crippen molar-refractivity contribution in [1.82, 2.24) is 9.88 Å². The summed E-state index contributed by atoms with van der Waals surface area (Å²) in [7, 11) is 0. The molecule has 1 aromatic rings. The Hall–Kier alpha value is -0.970. The molecule has 0 amide bonds. The van der Waals surface area contributed by atoms with Crippen LogP contribution in [0.2, 0.25) is 0 Å². The number of β-amino-alcohol motifs (C(OH)–C–C–N with tert-alkyl or cyclic N) is 1. The van der Waals surface area contributed by atoms with Crippen LogP contribution >= 0.6 is 0 Å². The maximum Gasteiger partial charge on any atom is 0.0746 e. The van der Waals surface area contributed by atoms with Crippen molar-refractivity contribution in [1.29, 1.82) is 0 Å². The van der Waals surface area contributed by atoms with Crippen LogP contribution in [0.4, 0.5) is 0 Å². The van der Waals surface area contributed by atoms with Crippen molar-refractivity contribution in [2.75, 3.05) is 13.1 Å². The maximum absolute atomic E-state index is 10.2. The summed E-state index contributed by atoms with van der Waals surface area (Å²) >= 11 is 0.